The molecule has 128 valence electrons. The highest BCUT2D eigenvalue weighted by Gasteiger charge is 2.35. The number of carbonyl (C=O) groups excluding carboxylic acids is 1. The Kier molecular flexibility index (Phi) is 3.96. The molecule has 0 amide bonds. The molecule has 0 spiro atoms. The van der Waals surface area contributed by atoms with Crippen molar-refractivity contribution in [3.8, 4) is 11.5 Å². The van der Waals surface area contributed by atoms with E-state index in [9.17, 15) is 4.79 Å². The van der Waals surface area contributed by atoms with Gasteiger partial charge in [0.15, 0.2) is 17.3 Å². The highest BCUT2D eigenvalue weighted by molar-refractivity contribution is 6.01. The fourth-order valence-electron chi connectivity index (χ4n) is 3.88. The summed E-state index contributed by atoms with van der Waals surface area (Å²) in [5.41, 5.74) is 5.11. The van der Waals surface area contributed by atoms with E-state index < -0.39 is 0 Å². The van der Waals surface area contributed by atoms with Crippen molar-refractivity contribution < 1.29 is 14.3 Å². The van der Waals surface area contributed by atoms with E-state index in [1.807, 2.05) is 30.3 Å². The highest BCUT2D eigenvalue weighted by Crippen LogP contribution is 2.48. The van der Waals surface area contributed by atoms with Gasteiger partial charge in [-0.15, -0.1) is 0 Å². The first-order chi connectivity index (χ1) is 12.2. The first-order valence-electron chi connectivity index (χ1n) is 8.57. The van der Waals surface area contributed by atoms with Crippen LogP contribution >= 0.6 is 0 Å². The van der Waals surface area contributed by atoms with Crippen LogP contribution in [0.15, 0.2) is 53.7 Å². The maximum Gasteiger partial charge on any atom is 0.162 e. The number of benzene rings is 2. The zero-order valence-electron chi connectivity index (χ0n) is 14.5. The van der Waals surface area contributed by atoms with Gasteiger partial charge in [-0.3, -0.25) is 4.79 Å². The summed E-state index contributed by atoms with van der Waals surface area (Å²) in [6, 6.07) is 14.2. The number of ether oxygens (including phenoxy) is 2. The number of carbonyl (C=O) groups is 1. The number of Topliss-reactive ketones (excluding diaryl/α,β-unsaturated/α-hetero) is 1. The molecule has 4 rings (SSSR count). The van der Waals surface area contributed by atoms with Crippen molar-refractivity contribution in [2.45, 2.75) is 25.2 Å². The molecule has 2 aromatic carbocycles. The van der Waals surface area contributed by atoms with Crippen molar-refractivity contribution in [1.82, 2.24) is 0 Å². The van der Waals surface area contributed by atoms with Gasteiger partial charge in [0.2, 0.25) is 0 Å². The van der Waals surface area contributed by atoms with Gasteiger partial charge in [-0.2, -0.15) is 0 Å². The molecule has 2 aromatic rings. The fourth-order valence-corrected chi connectivity index (χ4v) is 3.88. The molecule has 0 bridgehead atoms. The lowest BCUT2D eigenvalue weighted by Gasteiger charge is -2.34. The lowest BCUT2D eigenvalue weighted by Crippen LogP contribution is -2.27. The largest absolute Gasteiger partial charge is 0.493 e. The summed E-state index contributed by atoms with van der Waals surface area (Å²) < 4.78 is 10.9. The summed E-state index contributed by atoms with van der Waals surface area (Å²) in [6.45, 7) is 0. The number of rotatable bonds is 3. The van der Waals surface area contributed by atoms with Crippen molar-refractivity contribution in [2.75, 3.05) is 19.5 Å². The second kappa shape index (κ2) is 6.28. The highest BCUT2D eigenvalue weighted by atomic mass is 16.5. The summed E-state index contributed by atoms with van der Waals surface area (Å²) in [4.78, 5) is 12.7. The Morgan fingerprint density at radius 2 is 1.72 bits per heavy atom. The third kappa shape index (κ3) is 2.58. The summed E-state index contributed by atoms with van der Waals surface area (Å²) in [5, 5.41) is 3.48. The van der Waals surface area contributed by atoms with Gasteiger partial charge < -0.3 is 14.8 Å². The standard InChI is InChI=1S/C21H21NO3/c1-24-18-11-14-16(12-19(18)25-2)22-15-9-6-10-17(23)21(15)20(14)13-7-4-3-5-8-13/h3-5,7-8,11-12,20,22H,6,9-10H2,1-2H3. The Labute approximate surface area is 147 Å². The maximum absolute atomic E-state index is 12.7. The van der Waals surface area contributed by atoms with Crippen molar-refractivity contribution in [2.24, 2.45) is 0 Å². The molecule has 1 aliphatic carbocycles. The Hall–Kier alpha value is -2.75. The van der Waals surface area contributed by atoms with Gasteiger partial charge in [0, 0.05) is 35.4 Å². The number of hydrogen-bond donors (Lipinski definition) is 1. The van der Waals surface area contributed by atoms with Gasteiger partial charge in [0.1, 0.15) is 0 Å². The van der Waals surface area contributed by atoms with Gasteiger partial charge >= 0.3 is 0 Å². The van der Waals surface area contributed by atoms with E-state index in [-0.39, 0.29) is 11.7 Å². The number of anilines is 1. The molecule has 0 radical (unpaired) electrons. The van der Waals surface area contributed by atoms with Gasteiger partial charge in [0.05, 0.1) is 14.2 Å². The second-order valence-corrected chi connectivity index (χ2v) is 6.43. The van der Waals surface area contributed by atoms with Crippen molar-refractivity contribution in [1.29, 1.82) is 0 Å². The van der Waals surface area contributed by atoms with Crippen LogP contribution in [-0.2, 0) is 4.79 Å². The lowest BCUT2D eigenvalue weighted by atomic mass is 9.75. The number of allylic oxidation sites excluding steroid dienone is 2. The number of ketones is 1. The molecular formula is C21H21NO3. The maximum atomic E-state index is 12.7. The molecule has 4 heteroatoms. The van der Waals surface area contributed by atoms with Crippen LogP contribution < -0.4 is 14.8 Å². The summed E-state index contributed by atoms with van der Waals surface area (Å²) in [6.07, 6.45) is 2.42. The van der Waals surface area contributed by atoms with Crippen molar-refractivity contribution in [3.63, 3.8) is 0 Å². The molecule has 0 fully saturated rings. The second-order valence-electron chi connectivity index (χ2n) is 6.43. The van der Waals surface area contributed by atoms with Crippen LogP contribution in [0, 0.1) is 0 Å². The monoisotopic (exact) mass is 335 g/mol. The average Bonchev–Trinajstić information content (AvgIpc) is 2.66. The van der Waals surface area contributed by atoms with E-state index in [4.69, 9.17) is 9.47 Å². The number of nitrogens with one attached hydrogen (secondary N) is 1. The molecule has 1 atom stereocenters. The Bertz CT molecular complexity index is 855. The zero-order chi connectivity index (χ0) is 17.4. The average molecular weight is 335 g/mol. The minimum Gasteiger partial charge on any atom is -0.493 e. The molecule has 1 unspecified atom stereocenters. The van der Waals surface area contributed by atoms with E-state index in [0.29, 0.717) is 17.9 Å². The topological polar surface area (TPSA) is 47.6 Å². The smallest absolute Gasteiger partial charge is 0.162 e. The molecule has 1 aliphatic heterocycles. The lowest BCUT2D eigenvalue weighted by molar-refractivity contribution is -0.116. The fraction of sp³-hybridized carbons (Fsp3) is 0.286. The minimum absolute atomic E-state index is 0.0694. The molecule has 0 saturated carbocycles. The SMILES string of the molecule is COc1cc2c(cc1OC)C(c1ccccc1)C1=C(CCCC1=O)N2. The zero-order valence-corrected chi connectivity index (χ0v) is 14.5. The van der Waals surface area contributed by atoms with Crippen LogP contribution in [0.5, 0.6) is 11.5 Å². The van der Waals surface area contributed by atoms with E-state index >= 15 is 0 Å². The molecule has 25 heavy (non-hydrogen) atoms. The van der Waals surface area contributed by atoms with E-state index in [1.165, 1.54) is 0 Å². The molecule has 1 N–H and O–H groups in total. The Balaban J connectivity index is 1.95. The van der Waals surface area contributed by atoms with Gasteiger partial charge in [0.25, 0.3) is 0 Å². The predicted octanol–water partition coefficient (Wildman–Crippen LogP) is 4.27. The summed E-state index contributed by atoms with van der Waals surface area (Å²) >= 11 is 0. The molecule has 2 aliphatic rings. The van der Waals surface area contributed by atoms with Crippen LogP contribution in [0.4, 0.5) is 5.69 Å². The molecule has 1 heterocycles. The Morgan fingerprint density at radius 1 is 1.00 bits per heavy atom. The van der Waals surface area contributed by atoms with E-state index in [0.717, 1.165) is 40.9 Å². The van der Waals surface area contributed by atoms with Gasteiger partial charge in [-0.05, 0) is 30.0 Å². The van der Waals surface area contributed by atoms with E-state index in [1.54, 1.807) is 14.2 Å². The summed E-state index contributed by atoms with van der Waals surface area (Å²) in [5.74, 6) is 1.53. The predicted molar refractivity (Wildman–Crippen MR) is 97.3 cm³/mol. The molecule has 0 saturated heterocycles. The van der Waals surface area contributed by atoms with Crippen LogP contribution in [0.2, 0.25) is 0 Å². The third-order valence-electron chi connectivity index (χ3n) is 5.03. The van der Waals surface area contributed by atoms with Crippen LogP contribution in [0.3, 0.4) is 0 Å². The summed E-state index contributed by atoms with van der Waals surface area (Å²) in [7, 11) is 3.27. The van der Waals surface area contributed by atoms with E-state index in [2.05, 4.69) is 17.4 Å². The minimum atomic E-state index is -0.0694. The van der Waals surface area contributed by atoms with Crippen LogP contribution in [-0.4, -0.2) is 20.0 Å². The molecule has 4 nitrogen and oxygen atoms in total. The number of methoxy groups -OCH3 is 2. The quantitative estimate of drug-likeness (QED) is 0.910. The van der Waals surface area contributed by atoms with Crippen molar-refractivity contribution in [3.05, 3.63) is 64.9 Å². The first-order valence-corrected chi connectivity index (χ1v) is 8.57. The normalized spacial score (nSPS) is 19.0. The Morgan fingerprint density at radius 3 is 2.44 bits per heavy atom. The first kappa shape index (κ1) is 15.8. The number of fused-ring (bicyclic) bond motifs is 1. The molecule has 0 aromatic heterocycles. The molecular weight excluding hydrogens is 314 g/mol. The van der Waals surface area contributed by atoms with Gasteiger partial charge in [-0.1, -0.05) is 30.3 Å². The third-order valence-corrected chi connectivity index (χ3v) is 5.03. The van der Waals surface area contributed by atoms with Crippen molar-refractivity contribution >= 4 is 11.5 Å². The van der Waals surface area contributed by atoms with Crippen LogP contribution in [0.1, 0.15) is 36.3 Å². The van der Waals surface area contributed by atoms with Gasteiger partial charge in [-0.25, -0.2) is 0 Å². The van der Waals surface area contributed by atoms with Crippen LogP contribution in [0.25, 0.3) is 0 Å². The number of hydrogen-bond acceptors (Lipinski definition) is 4.